The Hall–Kier alpha value is -3.86. The summed E-state index contributed by atoms with van der Waals surface area (Å²) < 4.78 is 21.7. The van der Waals surface area contributed by atoms with Gasteiger partial charge in [-0.25, -0.2) is 13.9 Å². The van der Waals surface area contributed by atoms with Gasteiger partial charge in [-0.2, -0.15) is 5.26 Å². The van der Waals surface area contributed by atoms with Gasteiger partial charge in [0.25, 0.3) is 0 Å². The minimum absolute atomic E-state index is 0.00228. The molecule has 1 fully saturated rings. The molecule has 0 saturated carbocycles. The quantitative estimate of drug-likeness (QED) is 0.550. The van der Waals surface area contributed by atoms with Crippen molar-refractivity contribution < 1.29 is 13.9 Å². The second kappa shape index (κ2) is 9.79. The fourth-order valence-corrected chi connectivity index (χ4v) is 4.15. The Morgan fingerprint density at radius 1 is 1.20 bits per heavy atom. The van der Waals surface area contributed by atoms with Crippen LogP contribution < -0.4 is 10.2 Å². The molecule has 35 heavy (non-hydrogen) atoms. The highest BCUT2D eigenvalue weighted by Gasteiger charge is 2.26. The van der Waals surface area contributed by atoms with Gasteiger partial charge in [0.2, 0.25) is 0 Å². The Kier molecular flexibility index (Phi) is 6.79. The molecule has 1 aromatic heterocycles. The molecule has 1 unspecified atom stereocenters. The van der Waals surface area contributed by atoms with Crippen LogP contribution in [0.2, 0.25) is 0 Å². The summed E-state index contributed by atoms with van der Waals surface area (Å²) in [6.07, 6.45) is 1.31. The molecule has 4 rings (SSSR count). The lowest BCUT2D eigenvalue weighted by Crippen LogP contribution is -2.49. The maximum Gasteiger partial charge on any atom is 0.407 e. The number of nitrogens with zero attached hydrogens (tertiary/aromatic N) is 4. The van der Waals surface area contributed by atoms with Crippen molar-refractivity contribution in [1.82, 2.24) is 15.1 Å². The zero-order valence-corrected chi connectivity index (χ0v) is 20.5. The average Bonchev–Trinajstić information content (AvgIpc) is 3.24. The fraction of sp³-hybridized carbons (Fsp3) is 0.370. The van der Waals surface area contributed by atoms with Crippen LogP contribution in [0.5, 0.6) is 0 Å². The van der Waals surface area contributed by atoms with Crippen molar-refractivity contribution in [2.24, 2.45) is 0 Å². The molecule has 8 heteroatoms. The monoisotopic (exact) mass is 475 g/mol. The van der Waals surface area contributed by atoms with Gasteiger partial charge in [0.15, 0.2) is 5.82 Å². The van der Waals surface area contributed by atoms with Crippen molar-refractivity contribution in [1.29, 1.82) is 5.26 Å². The highest BCUT2D eigenvalue weighted by atomic mass is 19.1. The van der Waals surface area contributed by atoms with Crippen molar-refractivity contribution in [3.05, 3.63) is 65.5 Å². The molecule has 7 nitrogen and oxygen atoms in total. The minimum atomic E-state index is -0.567. The van der Waals surface area contributed by atoms with Crippen molar-refractivity contribution in [2.75, 3.05) is 18.0 Å². The van der Waals surface area contributed by atoms with E-state index in [-0.39, 0.29) is 11.6 Å². The molecular weight excluding hydrogens is 445 g/mol. The van der Waals surface area contributed by atoms with Crippen LogP contribution in [0, 0.1) is 24.1 Å². The van der Waals surface area contributed by atoms with Gasteiger partial charge in [0.05, 0.1) is 16.9 Å². The predicted octanol–water partition coefficient (Wildman–Crippen LogP) is 5.35. The third-order valence-corrected chi connectivity index (χ3v) is 5.83. The zero-order chi connectivity index (χ0) is 25.2. The number of rotatable bonds is 4. The van der Waals surface area contributed by atoms with E-state index in [1.54, 1.807) is 10.7 Å². The molecule has 1 aliphatic rings. The van der Waals surface area contributed by atoms with E-state index in [9.17, 15) is 9.18 Å². The van der Waals surface area contributed by atoms with Gasteiger partial charge in [0.1, 0.15) is 17.5 Å². The van der Waals surface area contributed by atoms with Crippen LogP contribution in [-0.2, 0) is 4.74 Å². The van der Waals surface area contributed by atoms with Gasteiger partial charge in [-0.15, -0.1) is 5.10 Å². The van der Waals surface area contributed by atoms with Gasteiger partial charge in [-0.1, -0.05) is 23.8 Å². The van der Waals surface area contributed by atoms with Gasteiger partial charge in [0, 0.05) is 30.8 Å². The van der Waals surface area contributed by atoms with Gasteiger partial charge >= 0.3 is 6.09 Å². The normalized spacial score (nSPS) is 16.0. The van der Waals surface area contributed by atoms with Crippen LogP contribution in [0.15, 0.2) is 48.5 Å². The minimum Gasteiger partial charge on any atom is -0.444 e. The number of amides is 1. The maximum atomic E-state index is 14.5. The molecule has 1 aliphatic heterocycles. The Morgan fingerprint density at radius 3 is 2.60 bits per heavy atom. The number of ether oxygens (including phenoxy) is 1. The number of nitrogens with one attached hydrogen (secondary N) is 1. The van der Waals surface area contributed by atoms with Crippen LogP contribution in [0.4, 0.5) is 15.0 Å². The van der Waals surface area contributed by atoms with E-state index >= 15 is 0 Å². The topological polar surface area (TPSA) is 83.2 Å². The lowest BCUT2D eigenvalue weighted by atomic mass is 10.1. The molecule has 1 N–H and O–H groups in total. The molecule has 1 atom stereocenters. The molecule has 0 spiro atoms. The van der Waals surface area contributed by atoms with E-state index in [1.165, 1.54) is 12.1 Å². The number of nitriles is 1. The summed E-state index contributed by atoms with van der Waals surface area (Å²) in [6, 6.07) is 16.3. The Labute approximate surface area is 205 Å². The molecule has 2 aromatic carbocycles. The fourth-order valence-electron chi connectivity index (χ4n) is 4.15. The highest BCUT2D eigenvalue weighted by molar-refractivity contribution is 5.69. The van der Waals surface area contributed by atoms with Crippen LogP contribution >= 0.6 is 0 Å². The van der Waals surface area contributed by atoms with Crippen molar-refractivity contribution in [3.8, 4) is 23.0 Å². The summed E-state index contributed by atoms with van der Waals surface area (Å²) >= 11 is 0. The van der Waals surface area contributed by atoms with Crippen molar-refractivity contribution >= 4 is 11.9 Å². The van der Waals surface area contributed by atoms with Crippen molar-refractivity contribution in [3.63, 3.8) is 0 Å². The SMILES string of the molecule is Cc1ccc(-n2nc(N3CCCC(NC(=O)OC(C)(C)C)C3)cc2-c2ccc(C#N)c(F)c2)cc1. The number of hydrogen-bond donors (Lipinski definition) is 1. The second-order valence-electron chi connectivity index (χ2n) is 9.87. The van der Waals surface area contributed by atoms with Crippen molar-refractivity contribution in [2.45, 2.75) is 52.2 Å². The number of benzene rings is 2. The Morgan fingerprint density at radius 2 is 1.94 bits per heavy atom. The summed E-state index contributed by atoms with van der Waals surface area (Å²) in [5.41, 5.74) is 2.76. The van der Waals surface area contributed by atoms with Crippen LogP contribution in [-0.4, -0.2) is 40.6 Å². The number of carbonyl (C=O) groups is 1. The standard InChI is InChI=1S/C27H30FN5O2/c1-18-7-11-22(12-8-18)33-24(19-9-10-20(16-29)23(28)14-19)15-25(31-33)32-13-5-6-21(17-32)30-26(34)35-27(2,3)4/h7-12,14-15,21H,5-6,13,17H2,1-4H3,(H,30,34). The molecule has 1 saturated heterocycles. The third-order valence-electron chi connectivity index (χ3n) is 5.83. The van der Waals surface area contributed by atoms with E-state index < -0.39 is 17.5 Å². The van der Waals surface area contributed by atoms with E-state index in [2.05, 4.69) is 10.2 Å². The Balaban J connectivity index is 1.65. The number of piperidine rings is 1. The van der Waals surface area contributed by atoms with E-state index in [0.717, 1.165) is 42.1 Å². The maximum absolute atomic E-state index is 14.5. The van der Waals surface area contributed by atoms with E-state index in [0.29, 0.717) is 12.1 Å². The number of alkyl carbamates (subject to hydrolysis) is 1. The van der Waals surface area contributed by atoms with E-state index in [4.69, 9.17) is 15.1 Å². The summed E-state index contributed by atoms with van der Waals surface area (Å²) in [5, 5.41) is 16.9. The first kappa shape index (κ1) is 24.3. The summed E-state index contributed by atoms with van der Waals surface area (Å²) in [6.45, 7) is 8.91. The summed E-state index contributed by atoms with van der Waals surface area (Å²) in [4.78, 5) is 14.4. The number of aromatic nitrogens is 2. The summed E-state index contributed by atoms with van der Waals surface area (Å²) in [5.74, 6) is 0.170. The van der Waals surface area contributed by atoms with Gasteiger partial charge < -0.3 is 15.0 Å². The molecule has 3 aromatic rings. The second-order valence-corrected chi connectivity index (χ2v) is 9.87. The number of carbonyl (C=O) groups excluding carboxylic acids is 1. The molecular formula is C27H30FN5O2. The molecule has 2 heterocycles. The molecule has 0 radical (unpaired) electrons. The molecule has 1 amide bonds. The van der Waals surface area contributed by atoms with E-state index in [1.807, 2.05) is 64.1 Å². The number of halogens is 1. The number of hydrogen-bond acceptors (Lipinski definition) is 5. The number of anilines is 1. The lowest BCUT2D eigenvalue weighted by molar-refractivity contribution is 0.0500. The van der Waals surface area contributed by atoms with Crippen LogP contribution in [0.1, 0.15) is 44.7 Å². The molecule has 0 bridgehead atoms. The Bertz CT molecular complexity index is 1250. The van der Waals surface area contributed by atoms with Crippen LogP contribution in [0.3, 0.4) is 0 Å². The predicted molar refractivity (Wildman–Crippen MR) is 133 cm³/mol. The lowest BCUT2D eigenvalue weighted by Gasteiger charge is -2.33. The number of aryl methyl sites for hydroxylation is 1. The highest BCUT2D eigenvalue weighted by Crippen LogP contribution is 2.30. The van der Waals surface area contributed by atoms with Crippen LogP contribution in [0.25, 0.3) is 16.9 Å². The third kappa shape index (κ3) is 5.80. The summed E-state index contributed by atoms with van der Waals surface area (Å²) in [7, 11) is 0. The smallest absolute Gasteiger partial charge is 0.407 e. The van der Waals surface area contributed by atoms with Gasteiger partial charge in [-0.05, 0) is 64.8 Å². The first-order valence-corrected chi connectivity index (χ1v) is 11.7. The van der Waals surface area contributed by atoms with Gasteiger partial charge in [-0.3, -0.25) is 0 Å². The first-order valence-electron chi connectivity index (χ1n) is 11.7. The molecule has 0 aliphatic carbocycles. The zero-order valence-electron chi connectivity index (χ0n) is 20.5. The molecule has 182 valence electrons. The first-order chi connectivity index (χ1) is 16.6. The average molecular weight is 476 g/mol. The largest absolute Gasteiger partial charge is 0.444 e.